The van der Waals surface area contributed by atoms with Gasteiger partial charge in [0.15, 0.2) is 6.10 Å². The first-order valence-corrected chi connectivity index (χ1v) is 12.9. The van der Waals surface area contributed by atoms with Crippen LogP contribution in [0, 0.1) is 12.8 Å². The lowest BCUT2D eigenvalue weighted by Gasteiger charge is -2.38. The Balaban J connectivity index is 1.42. The maximum atomic E-state index is 13.3. The van der Waals surface area contributed by atoms with Gasteiger partial charge in [-0.1, -0.05) is 42.8 Å². The molecule has 5 rings (SSSR count). The van der Waals surface area contributed by atoms with Crippen molar-refractivity contribution in [2.75, 3.05) is 13.6 Å². The van der Waals surface area contributed by atoms with Crippen LogP contribution in [0.3, 0.4) is 0 Å². The number of furan rings is 1. The highest BCUT2D eigenvalue weighted by atomic mass is 16.5. The summed E-state index contributed by atoms with van der Waals surface area (Å²) in [5, 5.41) is 0. The van der Waals surface area contributed by atoms with Gasteiger partial charge in [0.2, 0.25) is 5.91 Å². The van der Waals surface area contributed by atoms with Crippen LogP contribution in [0.5, 0.6) is 5.75 Å². The number of likely N-dealkylation sites (N-methyl/N-ethyl adjacent to an activating group) is 1. The predicted molar refractivity (Wildman–Crippen MR) is 137 cm³/mol. The highest BCUT2D eigenvalue weighted by Crippen LogP contribution is 2.41. The van der Waals surface area contributed by atoms with E-state index in [1.165, 1.54) is 11.1 Å². The minimum atomic E-state index is -0.603. The van der Waals surface area contributed by atoms with Crippen molar-refractivity contribution in [3.8, 4) is 5.75 Å². The number of ether oxygens (including phenoxy) is 1. The van der Waals surface area contributed by atoms with E-state index in [2.05, 4.69) is 42.2 Å². The Kier molecular flexibility index (Phi) is 6.86. The van der Waals surface area contributed by atoms with Gasteiger partial charge in [0, 0.05) is 19.5 Å². The standard InChI is InChI=1S/C30H34N2O4/c1-4-27(30(34)31(3)19-25-9-6-16-35-25)36-24-13-12-21-14-15-32(29(33)22-10-11-22)28(26(21)18-24)23-8-5-7-20(2)17-23/h5-9,12-13,16-18,22,27-28H,4,10-11,14-15,19H2,1-3H3/t27-,28+/m0/s1. The fourth-order valence-electron chi connectivity index (χ4n) is 5.10. The minimum absolute atomic E-state index is 0.0904. The highest BCUT2D eigenvalue weighted by molar-refractivity contribution is 5.82. The average molecular weight is 487 g/mol. The van der Waals surface area contributed by atoms with E-state index < -0.39 is 6.10 Å². The largest absolute Gasteiger partial charge is 0.481 e. The van der Waals surface area contributed by atoms with Crippen LogP contribution in [0.2, 0.25) is 0 Å². The second-order valence-corrected chi connectivity index (χ2v) is 10.0. The molecule has 1 aliphatic carbocycles. The number of benzene rings is 2. The predicted octanol–water partition coefficient (Wildman–Crippen LogP) is 5.29. The lowest BCUT2D eigenvalue weighted by molar-refractivity contribution is -0.138. The quantitative estimate of drug-likeness (QED) is 0.434. The van der Waals surface area contributed by atoms with Crippen molar-refractivity contribution >= 4 is 11.8 Å². The summed E-state index contributed by atoms with van der Waals surface area (Å²) in [6.07, 6.45) is 4.34. The molecule has 2 heterocycles. The maximum Gasteiger partial charge on any atom is 0.263 e. The van der Waals surface area contributed by atoms with Gasteiger partial charge in [0.1, 0.15) is 11.5 Å². The van der Waals surface area contributed by atoms with E-state index in [0.717, 1.165) is 42.7 Å². The molecule has 6 nitrogen and oxygen atoms in total. The lowest BCUT2D eigenvalue weighted by Crippen LogP contribution is -2.41. The molecule has 36 heavy (non-hydrogen) atoms. The Morgan fingerprint density at radius 1 is 1.14 bits per heavy atom. The van der Waals surface area contributed by atoms with Gasteiger partial charge in [0.05, 0.1) is 18.8 Å². The SMILES string of the molecule is CC[C@H](Oc1ccc2c(c1)[C@@H](c1cccc(C)c1)N(C(=O)C1CC1)CC2)C(=O)N(C)Cc1ccco1. The van der Waals surface area contributed by atoms with E-state index in [9.17, 15) is 9.59 Å². The van der Waals surface area contributed by atoms with Crippen LogP contribution in [0.1, 0.15) is 60.2 Å². The number of hydrogen-bond acceptors (Lipinski definition) is 4. The summed E-state index contributed by atoms with van der Waals surface area (Å²) in [5.41, 5.74) is 4.60. The van der Waals surface area contributed by atoms with E-state index in [1.54, 1.807) is 18.2 Å². The van der Waals surface area contributed by atoms with Crippen molar-refractivity contribution in [3.05, 3.63) is 88.9 Å². The molecule has 0 radical (unpaired) electrons. The summed E-state index contributed by atoms with van der Waals surface area (Å²) in [6, 6.07) is 18.0. The van der Waals surface area contributed by atoms with Gasteiger partial charge in [-0.25, -0.2) is 0 Å². The molecule has 2 atom stereocenters. The molecule has 1 aliphatic heterocycles. The summed E-state index contributed by atoms with van der Waals surface area (Å²) in [6.45, 7) is 5.14. The lowest BCUT2D eigenvalue weighted by atomic mass is 9.87. The van der Waals surface area contributed by atoms with Crippen molar-refractivity contribution in [3.63, 3.8) is 0 Å². The second-order valence-electron chi connectivity index (χ2n) is 10.0. The van der Waals surface area contributed by atoms with Gasteiger partial charge in [-0.3, -0.25) is 9.59 Å². The van der Waals surface area contributed by atoms with Gasteiger partial charge in [-0.2, -0.15) is 0 Å². The summed E-state index contributed by atoms with van der Waals surface area (Å²) in [4.78, 5) is 30.1. The first-order valence-electron chi connectivity index (χ1n) is 12.9. The van der Waals surface area contributed by atoms with Crippen LogP contribution in [0.15, 0.2) is 65.3 Å². The number of nitrogens with zero attached hydrogens (tertiary/aromatic N) is 2. The molecule has 1 fully saturated rings. The summed E-state index contributed by atoms with van der Waals surface area (Å²) in [5.74, 6) is 1.70. The van der Waals surface area contributed by atoms with Crippen LogP contribution in [0.4, 0.5) is 0 Å². The molecule has 0 saturated heterocycles. The van der Waals surface area contributed by atoms with E-state index in [0.29, 0.717) is 18.7 Å². The molecule has 1 saturated carbocycles. The third kappa shape index (κ3) is 5.03. The van der Waals surface area contributed by atoms with E-state index >= 15 is 0 Å². The molecule has 6 heteroatoms. The first kappa shape index (κ1) is 24.2. The van der Waals surface area contributed by atoms with Crippen LogP contribution < -0.4 is 4.74 Å². The number of hydrogen-bond donors (Lipinski definition) is 0. The highest BCUT2D eigenvalue weighted by Gasteiger charge is 2.39. The Hall–Kier alpha value is -3.54. The molecule has 188 valence electrons. The molecule has 2 amide bonds. The second kappa shape index (κ2) is 10.2. The molecular weight excluding hydrogens is 452 g/mol. The number of amides is 2. The van der Waals surface area contributed by atoms with Crippen molar-refractivity contribution < 1.29 is 18.7 Å². The number of carbonyl (C=O) groups excluding carboxylic acids is 2. The van der Waals surface area contributed by atoms with Crippen molar-refractivity contribution in [2.45, 2.75) is 58.2 Å². The molecular formula is C30H34N2O4. The molecule has 2 aliphatic rings. The maximum absolute atomic E-state index is 13.3. The van der Waals surface area contributed by atoms with Gasteiger partial charge >= 0.3 is 0 Å². The Morgan fingerprint density at radius 3 is 2.67 bits per heavy atom. The smallest absolute Gasteiger partial charge is 0.263 e. The fourth-order valence-corrected chi connectivity index (χ4v) is 5.10. The monoisotopic (exact) mass is 486 g/mol. The normalized spacial score (nSPS) is 17.9. The van der Waals surface area contributed by atoms with E-state index in [-0.39, 0.29) is 23.8 Å². The third-order valence-electron chi connectivity index (χ3n) is 7.19. The number of aryl methyl sites for hydroxylation is 1. The zero-order valence-electron chi connectivity index (χ0n) is 21.3. The number of carbonyl (C=O) groups is 2. The molecule has 0 N–H and O–H groups in total. The Morgan fingerprint density at radius 2 is 1.97 bits per heavy atom. The van der Waals surface area contributed by atoms with Gasteiger partial charge in [-0.15, -0.1) is 0 Å². The summed E-state index contributed by atoms with van der Waals surface area (Å²) in [7, 11) is 1.76. The fraction of sp³-hybridized carbons (Fsp3) is 0.400. The van der Waals surface area contributed by atoms with Gasteiger partial charge in [-0.05, 0) is 73.6 Å². The molecule has 0 spiro atoms. The zero-order chi connectivity index (χ0) is 25.2. The van der Waals surface area contributed by atoms with Crippen LogP contribution in [-0.4, -0.2) is 41.3 Å². The topological polar surface area (TPSA) is 63.0 Å². The number of fused-ring (bicyclic) bond motifs is 1. The molecule has 3 aromatic rings. The van der Waals surface area contributed by atoms with Crippen LogP contribution in [0.25, 0.3) is 0 Å². The van der Waals surface area contributed by atoms with Gasteiger partial charge in [0.25, 0.3) is 5.91 Å². The third-order valence-corrected chi connectivity index (χ3v) is 7.19. The van der Waals surface area contributed by atoms with Crippen LogP contribution >= 0.6 is 0 Å². The average Bonchev–Trinajstić information content (AvgIpc) is 3.62. The van der Waals surface area contributed by atoms with E-state index in [4.69, 9.17) is 9.15 Å². The molecule has 2 aromatic carbocycles. The summed E-state index contributed by atoms with van der Waals surface area (Å²) < 4.78 is 11.7. The van der Waals surface area contributed by atoms with Crippen molar-refractivity contribution in [1.82, 2.24) is 9.80 Å². The Labute approximate surface area is 212 Å². The summed E-state index contributed by atoms with van der Waals surface area (Å²) >= 11 is 0. The van der Waals surface area contributed by atoms with Crippen molar-refractivity contribution in [2.24, 2.45) is 5.92 Å². The molecule has 0 unspecified atom stereocenters. The minimum Gasteiger partial charge on any atom is -0.481 e. The van der Waals surface area contributed by atoms with Crippen LogP contribution in [-0.2, 0) is 22.6 Å². The molecule has 0 bridgehead atoms. The van der Waals surface area contributed by atoms with Crippen molar-refractivity contribution in [1.29, 1.82) is 0 Å². The zero-order valence-corrected chi connectivity index (χ0v) is 21.3. The Bertz CT molecular complexity index is 1230. The number of rotatable bonds is 8. The van der Waals surface area contributed by atoms with E-state index in [1.807, 2.05) is 31.2 Å². The first-order chi connectivity index (χ1) is 17.4. The molecule has 1 aromatic heterocycles. The van der Waals surface area contributed by atoms with Gasteiger partial charge < -0.3 is 19.0 Å².